The molecule has 5 heteroatoms. The minimum absolute atomic E-state index is 0.100. The van der Waals surface area contributed by atoms with Crippen molar-refractivity contribution >= 4 is 5.84 Å². The smallest absolute Gasteiger partial charge is 0.104 e. The third-order valence-corrected chi connectivity index (χ3v) is 3.30. The van der Waals surface area contributed by atoms with Gasteiger partial charge < -0.3 is 20.7 Å². The largest absolute Gasteiger partial charge is 0.396 e. The van der Waals surface area contributed by atoms with Crippen LogP contribution in [0.3, 0.4) is 0 Å². The van der Waals surface area contributed by atoms with E-state index in [0.717, 1.165) is 12.8 Å². The molecule has 1 aliphatic heterocycles. The summed E-state index contributed by atoms with van der Waals surface area (Å²) >= 11 is 0. The highest BCUT2D eigenvalue weighted by atomic mass is 16.5. The molecule has 0 amide bonds. The summed E-state index contributed by atoms with van der Waals surface area (Å²) in [6, 6.07) is -0.367. The average molecular weight is 244 g/mol. The molecule has 1 heterocycles. The van der Waals surface area contributed by atoms with Crippen molar-refractivity contribution in [2.75, 3.05) is 6.61 Å². The molecule has 0 aromatic carbocycles. The van der Waals surface area contributed by atoms with Gasteiger partial charge in [0.15, 0.2) is 0 Å². The van der Waals surface area contributed by atoms with Gasteiger partial charge in [0, 0.05) is 5.92 Å². The number of aliphatic hydroxyl groups is 2. The number of amidine groups is 1. The van der Waals surface area contributed by atoms with Gasteiger partial charge in [-0.05, 0) is 20.3 Å². The topological polar surface area (TPSA) is 88.1 Å². The fourth-order valence-electron chi connectivity index (χ4n) is 2.38. The quantitative estimate of drug-likeness (QED) is 0.490. The first kappa shape index (κ1) is 14.4. The zero-order chi connectivity index (χ0) is 13.0. The molecule has 1 rings (SSSR count). The normalized spacial score (nSPS) is 39.4. The van der Waals surface area contributed by atoms with Crippen molar-refractivity contribution in [3.8, 4) is 0 Å². The second-order valence-corrected chi connectivity index (χ2v) is 4.77. The monoisotopic (exact) mass is 244 g/mol. The molecule has 4 N–H and O–H groups in total. The third-order valence-electron chi connectivity index (χ3n) is 3.30. The fraction of sp³-hybridized carbons (Fsp3) is 0.917. The summed E-state index contributed by atoms with van der Waals surface area (Å²) in [5, 5.41) is 19.5. The van der Waals surface area contributed by atoms with E-state index in [9.17, 15) is 10.2 Å². The number of aliphatic hydroxyl groups excluding tert-OH is 2. The van der Waals surface area contributed by atoms with E-state index in [1.807, 2.05) is 6.92 Å². The molecule has 0 spiro atoms. The lowest BCUT2D eigenvalue weighted by Crippen LogP contribution is -2.54. The van der Waals surface area contributed by atoms with Crippen LogP contribution in [0.4, 0.5) is 0 Å². The molecule has 0 aliphatic carbocycles. The summed E-state index contributed by atoms with van der Waals surface area (Å²) < 4.78 is 5.83. The summed E-state index contributed by atoms with van der Waals surface area (Å²) in [7, 11) is 0. The molecule has 1 fully saturated rings. The number of hydrogen-bond donors (Lipinski definition) is 3. The first-order chi connectivity index (χ1) is 8.01. The van der Waals surface area contributed by atoms with E-state index in [2.05, 4.69) is 11.9 Å². The van der Waals surface area contributed by atoms with Crippen LogP contribution in [0.25, 0.3) is 0 Å². The Hall–Kier alpha value is -0.650. The molecule has 1 saturated heterocycles. The third kappa shape index (κ3) is 3.40. The van der Waals surface area contributed by atoms with Gasteiger partial charge in [-0.25, -0.2) is 0 Å². The minimum Gasteiger partial charge on any atom is -0.396 e. The van der Waals surface area contributed by atoms with Gasteiger partial charge in [0.25, 0.3) is 0 Å². The van der Waals surface area contributed by atoms with Crippen molar-refractivity contribution in [2.24, 2.45) is 16.6 Å². The summed E-state index contributed by atoms with van der Waals surface area (Å²) in [6.07, 6.45) is 0.825. The van der Waals surface area contributed by atoms with Crippen LogP contribution < -0.4 is 5.73 Å². The molecule has 0 aromatic heterocycles. The van der Waals surface area contributed by atoms with Gasteiger partial charge >= 0.3 is 0 Å². The maximum Gasteiger partial charge on any atom is 0.104 e. The van der Waals surface area contributed by atoms with Gasteiger partial charge in [0.05, 0.1) is 30.8 Å². The number of nitrogens with two attached hydrogens (primary N) is 1. The Balaban J connectivity index is 2.88. The maximum absolute atomic E-state index is 10.2. The van der Waals surface area contributed by atoms with Crippen molar-refractivity contribution in [3.05, 3.63) is 0 Å². The Morgan fingerprint density at radius 2 is 2.12 bits per heavy atom. The molecule has 5 unspecified atom stereocenters. The van der Waals surface area contributed by atoms with E-state index >= 15 is 0 Å². The summed E-state index contributed by atoms with van der Waals surface area (Å²) in [5.41, 5.74) is 5.59. The SMILES string of the molecule is CCCC1OC(C)C(CO)C(O)C1N=C(C)N. The van der Waals surface area contributed by atoms with Crippen LogP contribution in [0.15, 0.2) is 4.99 Å². The van der Waals surface area contributed by atoms with E-state index in [1.165, 1.54) is 0 Å². The van der Waals surface area contributed by atoms with E-state index in [4.69, 9.17) is 10.5 Å². The van der Waals surface area contributed by atoms with Crippen LogP contribution in [0, 0.1) is 5.92 Å². The molecule has 5 nitrogen and oxygen atoms in total. The van der Waals surface area contributed by atoms with Crippen LogP contribution in [0.2, 0.25) is 0 Å². The Morgan fingerprint density at radius 3 is 2.59 bits per heavy atom. The van der Waals surface area contributed by atoms with Crippen molar-refractivity contribution in [1.82, 2.24) is 0 Å². The molecule has 0 bridgehead atoms. The van der Waals surface area contributed by atoms with Crippen LogP contribution >= 0.6 is 0 Å². The predicted octanol–water partition coefficient (Wildman–Crippen LogP) is 0.289. The molecule has 100 valence electrons. The van der Waals surface area contributed by atoms with Crippen molar-refractivity contribution in [2.45, 2.75) is 58.0 Å². The molecule has 17 heavy (non-hydrogen) atoms. The van der Waals surface area contributed by atoms with Crippen LogP contribution in [0.5, 0.6) is 0 Å². The van der Waals surface area contributed by atoms with Gasteiger partial charge in [0.1, 0.15) is 6.04 Å². The van der Waals surface area contributed by atoms with E-state index in [-0.39, 0.29) is 30.8 Å². The van der Waals surface area contributed by atoms with Crippen molar-refractivity contribution in [3.63, 3.8) is 0 Å². The van der Waals surface area contributed by atoms with Crippen LogP contribution in [0.1, 0.15) is 33.6 Å². The first-order valence-electron chi connectivity index (χ1n) is 6.25. The Morgan fingerprint density at radius 1 is 1.47 bits per heavy atom. The molecular formula is C12H24N2O3. The summed E-state index contributed by atoms with van der Waals surface area (Å²) in [5.74, 6) is 0.140. The predicted molar refractivity (Wildman–Crippen MR) is 66.9 cm³/mol. The number of ether oxygens (including phenoxy) is 1. The van der Waals surface area contributed by atoms with Crippen LogP contribution in [-0.4, -0.2) is 47.0 Å². The van der Waals surface area contributed by atoms with Gasteiger partial charge in [-0.15, -0.1) is 0 Å². The first-order valence-corrected chi connectivity index (χ1v) is 6.25. The molecule has 0 aromatic rings. The highest BCUT2D eigenvalue weighted by Crippen LogP contribution is 2.30. The summed E-state index contributed by atoms with van der Waals surface area (Å²) in [4.78, 5) is 4.26. The maximum atomic E-state index is 10.2. The molecule has 0 radical (unpaired) electrons. The highest BCUT2D eigenvalue weighted by molar-refractivity contribution is 5.77. The van der Waals surface area contributed by atoms with Crippen LogP contribution in [-0.2, 0) is 4.74 Å². The van der Waals surface area contributed by atoms with Gasteiger partial charge in [-0.3, -0.25) is 4.99 Å². The second-order valence-electron chi connectivity index (χ2n) is 4.77. The molecule has 1 aliphatic rings. The summed E-state index contributed by atoms with van der Waals surface area (Å²) in [6.45, 7) is 5.54. The second kappa shape index (κ2) is 6.33. The average Bonchev–Trinajstić information content (AvgIpc) is 2.24. The molecule has 5 atom stereocenters. The van der Waals surface area contributed by atoms with Crippen molar-refractivity contribution in [1.29, 1.82) is 0 Å². The number of nitrogens with zero attached hydrogens (tertiary/aromatic N) is 1. The number of rotatable bonds is 4. The number of aliphatic imine (C=N–C) groups is 1. The lowest BCUT2D eigenvalue weighted by Gasteiger charge is -2.42. The number of hydrogen-bond acceptors (Lipinski definition) is 4. The van der Waals surface area contributed by atoms with Gasteiger partial charge in [-0.2, -0.15) is 0 Å². The van der Waals surface area contributed by atoms with Gasteiger partial charge in [-0.1, -0.05) is 13.3 Å². The highest BCUT2D eigenvalue weighted by Gasteiger charge is 2.42. The lowest BCUT2D eigenvalue weighted by atomic mass is 9.85. The van der Waals surface area contributed by atoms with Crippen molar-refractivity contribution < 1.29 is 14.9 Å². The van der Waals surface area contributed by atoms with E-state index in [1.54, 1.807) is 6.92 Å². The van der Waals surface area contributed by atoms with Gasteiger partial charge in [0.2, 0.25) is 0 Å². The standard InChI is InChI=1S/C12H24N2O3/c1-4-5-10-11(14-8(3)13)12(16)9(6-15)7(2)17-10/h7,9-12,15-16H,4-6H2,1-3H3,(H2,13,14). The fourth-order valence-corrected chi connectivity index (χ4v) is 2.38. The lowest BCUT2D eigenvalue weighted by molar-refractivity contribution is -0.151. The Kier molecular flexibility index (Phi) is 5.36. The Bertz CT molecular complexity index is 264. The zero-order valence-electron chi connectivity index (χ0n) is 10.8. The molecule has 0 saturated carbocycles. The van der Waals surface area contributed by atoms with E-state index in [0.29, 0.717) is 5.84 Å². The zero-order valence-corrected chi connectivity index (χ0v) is 10.8. The molecular weight excluding hydrogens is 220 g/mol. The van der Waals surface area contributed by atoms with E-state index < -0.39 is 6.10 Å². The Labute approximate surface area is 103 Å². The minimum atomic E-state index is -0.696.